The van der Waals surface area contributed by atoms with E-state index in [1.165, 1.54) is 43.2 Å². The first kappa shape index (κ1) is 14.1. The number of rotatable bonds is 5. The van der Waals surface area contributed by atoms with Gasteiger partial charge in [-0.15, -0.1) is 0 Å². The highest BCUT2D eigenvalue weighted by Crippen LogP contribution is 2.32. The first-order chi connectivity index (χ1) is 9.15. The number of nitrogens with zero attached hydrogens (tertiary/aromatic N) is 1. The van der Waals surface area contributed by atoms with Crippen LogP contribution in [0.5, 0.6) is 0 Å². The average Bonchev–Trinajstić information content (AvgIpc) is 2.39. The van der Waals surface area contributed by atoms with Gasteiger partial charge in [-0.3, -0.25) is 9.69 Å². The normalized spacial score (nSPS) is 16.7. The van der Waals surface area contributed by atoms with Gasteiger partial charge in [0.25, 0.3) is 0 Å². The molecule has 1 aliphatic rings. The minimum Gasteiger partial charge on any atom is -0.480 e. The van der Waals surface area contributed by atoms with E-state index in [2.05, 4.69) is 24.3 Å². The summed E-state index contributed by atoms with van der Waals surface area (Å²) >= 11 is 0. The summed E-state index contributed by atoms with van der Waals surface area (Å²) in [6, 6.07) is 8.73. The molecule has 0 aromatic heterocycles. The molecule has 0 atom stereocenters. The average molecular weight is 261 g/mol. The second kappa shape index (κ2) is 6.71. The second-order valence-electron chi connectivity index (χ2n) is 5.64. The molecule has 0 radical (unpaired) electrons. The molecule has 0 aliphatic heterocycles. The van der Waals surface area contributed by atoms with E-state index in [0.717, 1.165) is 5.92 Å². The molecule has 104 valence electrons. The summed E-state index contributed by atoms with van der Waals surface area (Å²) < 4.78 is 0. The predicted octanol–water partition coefficient (Wildman–Crippen LogP) is 3.25. The quantitative estimate of drug-likeness (QED) is 0.884. The maximum atomic E-state index is 10.6. The van der Waals surface area contributed by atoms with Crippen LogP contribution in [-0.2, 0) is 11.3 Å². The molecule has 0 spiro atoms. The summed E-state index contributed by atoms with van der Waals surface area (Å²) in [5.74, 6) is -0.0409. The lowest BCUT2D eigenvalue weighted by Crippen LogP contribution is -2.25. The van der Waals surface area contributed by atoms with Crippen molar-refractivity contribution in [3.63, 3.8) is 0 Å². The summed E-state index contributed by atoms with van der Waals surface area (Å²) in [6.07, 6.45) is 6.73. The number of carboxylic acid groups (broad SMARTS) is 1. The molecular weight excluding hydrogens is 238 g/mol. The number of benzene rings is 1. The van der Waals surface area contributed by atoms with Crippen molar-refractivity contribution in [1.29, 1.82) is 0 Å². The van der Waals surface area contributed by atoms with Crippen LogP contribution in [0.1, 0.15) is 49.1 Å². The Morgan fingerprint density at radius 1 is 1.21 bits per heavy atom. The monoisotopic (exact) mass is 261 g/mol. The Morgan fingerprint density at radius 2 is 1.84 bits per heavy atom. The van der Waals surface area contributed by atoms with Crippen LogP contribution in [-0.4, -0.2) is 29.6 Å². The zero-order valence-corrected chi connectivity index (χ0v) is 11.6. The Bertz CT molecular complexity index is 407. The fraction of sp³-hybridized carbons (Fsp3) is 0.562. The lowest BCUT2D eigenvalue weighted by molar-refractivity contribution is -0.138. The molecule has 1 aromatic carbocycles. The van der Waals surface area contributed by atoms with Crippen molar-refractivity contribution in [2.45, 2.75) is 44.6 Å². The molecule has 0 bridgehead atoms. The van der Waals surface area contributed by atoms with E-state index in [1.807, 2.05) is 11.9 Å². The molecule has 2 rings (SSSR count). The Hall–Kier alpha value is -1.35. The molecule has 0 amide bonds. The molecule has 1 fully saturated rings. The number of hydrogen-bond donors (Lipinski definition) is 1. The van der Waals surface area contributed by atoms with Gasteiger partial charge in [0.1, 0.15) is 0 Å². The van der Waals surface area contributed by atoms with E-state index in [9.17, 15) is 4.79 Å². The molecule has 0 unspecified atom stereocenters. The van der Waals surface area contributed by atoms with Gasteiger partial charge in [-0.05, 0) is 36.9 Å². The van der Waals surface area contributed by atoms with Crippen LogP contribution in [0, 0.1) is 0 Å². The molecule has 0 heterocycles. The summed E-state index contributed by atoms with van der Waals surface area (Å²) in [6.45, 7) is 0.779. The van der Waals surface area contributed by atoms with E-state index in [4.69, 9.17) is 5.11 Å². The first-order valence-electron chi connectivity index (χ1n) is 7.14. The van der Waals surface area contributed by atoms with Crippen LogP contribution < -0.4 is 0 Å². The maximum absolute atomic E-state index is 10.6. The fourth-order valence-corrected chi connectivity index (χ4v) is 2.93. The third-order valence-electron chi connectivity index (χ3n) is 3.91. The maximum Gasteiger partial charge on any atom is 0.317 e. The predicted molar refractivity (Wildman–Crippen MR) is 76.2 cm³/mol. The van der Waals surface area contributed by atoms with Crippen LogP contribution in [0.25, 0.3) is 0 Å². The van der Waals surface area contributed by atoms with Crippen molar-refractivity contribution in [2.75, 3.05) is 13.6 Å². The van der Waals surface area contributed by atoms with E-state index < -0.39 is 5.97 Å². The van der Waals surface area contributed by atoms with Gasteiger partial charge in [0.2, 0.25) is 0 Å². The van der Waals surface area contributed by atoms with Crippen molar-refractivity contribution >= 4 is 5.97 Å². The number of carbonyl (C=O) groups is 1. The van der Waals surface area contributed by atoms with Gasteiger partial charge in [0.05, 0.1) is 6.54 Å². The standard InChI is InChI=1S/C16H23NO2/c1-17(12-16(18)19)11-13-7-9-15(10-8-13)14-5-3-2-4-6-14/h7-10,14H,2-6,11-12H2,1H3,(H,18,19). The molecule has 1 N–H and O–H groups in total. The molecule has 1 saturated carbocycles. The van der Waals surface area contributed by atoms with Crippen molar-refractivity contribution in [1.82, 2.24) is 4.90 Å². The highest BCUT2D eigenvalue weighted by molar-refractivity contribution is 5.69. The fourth-order valence-electron chi connectivity index (χ4n) is 2.93. The SMILES string of the molecule is CN(CC(=O)O)Cc1ccc(C2CCCCC2)cc1. The molecule has 0 saturated heterocycles. The van der Waals surface area contributed by atoms with Gasteiger partial charge in [-0.1, -0.05) is 43.5 Å². The Labute approximate surface area is 115 Å². The van der Waals surface area contributed by atoms with Gasteiger partial charge in [-0.25, -0.2) is 0 Å². The first-order valence-corrected chi connectivity index (χ1v) is 7.14. The summed E-state index contributed by atoms with van der Waals surface area (Å²) in [5, 5.41) is 8.73. The number of carboxylic acids is 1. The van der Waals surface area contributed by atoms with Crippen LogP contribution in [0.3, 0.4) is 0 Å². The Balaban J connectivity index is 1.92. The van der Waals surface area contributed by atoms with Gasteiger partial charge < -0.3 is 5.11 Å². The summed E-state index contributed by atoms with van der Waals surface area (Å²) in [5.41, 5.74) is 2.63. The van der Waals surface area contributed by atoms with Crippen LogP contribution >= 0.6 is 0 Å². The second-order valence-corrected chi connectivity index (χ2v) is 5.64. The van der Waals surface area contributed by atoms with Gasteiger partial charge >= 0.3 is 5.97 Å². The summed E-state index contributed by atoms with van der Waals surface area (Å²) in [7, 11) is 1.84. The zero-order valence-electron chi connectivity index (χ0n) is 11.6. The Kier molecular flexibility index (Phi) is 4.97. The highest BCUT2D eigenvalue weighted by Gasteiger charge is 2.15. The molecule has 19 heavy (non-hydrogen) atoms. The number of likely N-dealkylation sites (N-methyl/N-ethyl adjacent to an activating group) is 1. The van der Waals surface area contributed by atoms with Gasteiger partial charge in [0.15, 0.2) is 0 Å². The molecule has 3 nitrogen and oxygen atoms in total. The molecule has 1 aliphatic carbocycles. The third-order valence-corrected chi connectivity index (χ3v) is 3.91. The number of aliphatic carboxylic acids is 1. The van der Waals surface area contributed by atoms with E-state index >= 15 is 0 Å². The lowest BCUT2D eigenvalue weighted by atomic mass is 9.84. The zero-order chi connectivity index (χ0) is 13.7. The van der Waals surface area contributed by atoms with E-state index in [1.54, 1.807) is 0 Å². The Morgan fingerprint density at radius 3 is 2.42 bits per heavy atom. The van der Waals surface area contributed by atoms with Crippen LogP contribution in [0.4, 0.5) is 0 Å². The smallest absolute Gasteiger partial charge is 0.317 e. The van der Waals surface area contributed by atoms with Crippen LogP contribution in [0.15, 0.2) is 24.3 Å². The van der Waals surface area contributed by atoms with Crippen molar-refractivity contribution in [3.05, 3.63) is 35.4 Å². The molecular formula is C16H23NO2. The largest absolute Gasteiger partial charge is 0.480 e. The molecule has 1 aromatic rings. The molecule has 3 heteroatoms. The van der Waals surface area contributed by atoms with Crippen molar-refractivity contribution in [3.8, 4) is 0 Å². The van der Waals surface area contributed by atoms with Crippen molar-refractivity contribution in [2.24, 2.45) is 0 Å². The minimum absolute atomic E-state index is 0.0877. The van der Waals surface area contributed by atoms with Crippen LogP contribution in [0.2, 0.25) is 0 Å². The van der Waals surface area contributed by atoms with Crippen molar-refractivity contribution < 1.29 is 9.90 Å². The third kappa shape index (κ3) is 4.35. The lowest BCUT2D eigenvalue weighted by Gasteiger charge is -2.22. The van der Waals surface area contributed by atoms with Gasteiger partial charge in [0, 0.05) is 6.54 Å². The topological polar surface area (TPSA) is 40.5 Å². The van der Waals surface area contributed by atoms with E-state index in [0.29, 0.717) is 6.54 Å². The number of hydrogen-bond acceptors (Lipinski definition) is 2. The highest BCUT2D eigenvalue weighted by atomic mass is 16.4. The minimum atomic E-state index is -0.777. The van der Waals surface area contributed by atoms with Gasteiger partial charge in [-0.2, -0.15) is 0 Å². The summed E-state index contributed by atoms with van der Waals surface area (Å²) in [4.78, 5) is 12.4. The van der Waals surface area contributed by atoms with E-state index in [-0.39, 0.29) is 6.54 Å².